The van der Waals surface area contributed by atoms with E-state index in [1.165, 1.54) is 6.20 Å². The number of benzene rings is 2. The first-order valence-electron chi connectivity index (χ1n) is 7.44. The van der Waals surface area contributed by atoms with Gasteiger partial charge in [-0.1, -0.05) is 42.5 Å². The normalized spacial score (nSPS) is 10.5. The van der Waals surface area contributed by atoms with Gasteiger partial charge in [-0.3, -0.25) is 0 Å². The summed E-state index contributed by atoms with van der Waals surface area (Å²) in [6.45, 7) is 0. The molecule has 4 amide bonds. The van der Waals surface area contributed by atoms with Crippen molar-refractivity contribution < 1.29 is 9.59 Å². The third-order valence-electron chi connectivity index (χ3n) is 3.75. The van der Waals surface area contributed by atoms with Gasteiger partial charge in [-0.25, -0.2) is 31.3 Å². The predicted octanol–water partition coefficient (Wildman–Crippen LogP) is 0.814. The van der Waals surface area contributed by atoms with Gasteiger partial charge in [0, 0.05) is 11.8 Å². The second kappa shape index (κ2) is 6.63. The van der Waals surface area contributed by atoms with E-state index in [0.29, 0.717) is 15.6 Å². The van der Waals surface area contributed by atoms with E-state index in [0.717, 1.165) is 16.3 Å². The molecule has 0 saturated heterocycles. The molecule has 0 spiro atoms. The van der Waals surface area contributed by atoms with Crippen LogP contribution >= 0.6 is 0 Å². The summed E-state index contributed by atoms with van der Waals surface area (Å²) < 4.78 is 0. The first kappa shape index (κ1) is 17.1. The summed E-state index contributed by atoms with van der Waals surface area (Å²) >= 11 is 0. The van der Waals surface area contributed by atoms with Gasteiger partial charge in [-0.15, -0.1) is 0 Å². The van der Waals surface area contributed by atoms with Crippen LogP contribution in [0.1, 0.15) is 0 Å². The Kier molecular flexibility index (Phi) is 4.35. The average molecular weight is 352 g/mol. The Bertz CT molecular complexity index is 1000. The number of hydrazine groups is 2. The van der Waals surface area contributed by atoms with Crippen LogP contribution in [0.2, 0.25) is 0 Å². The van der Waals surface area contributed by atoms with E-state index in [9.17, 15) is 9.59 Å². The van der Waals surface area contributed by atoms with Gasteiger partial charge in [0.25, 0.3) is 5.95 Å². The molecule has 0 unspecified atom stereocenters. The van der Waals surface area contributed by atoms with Gasteiger partial charge in [-0.2, -0.15) is 9.99 Å². The summed E-state index contributed by atoms with van der Waals surface area (Å²) in [5.41, 5.74) is 11.6. The summed E-state index contributed by atoms with van der Waals surface area (Å²) in [7, 11) is 0. The molecular formula is C16H16N8O2. The summed E-state index contributed by atoms with van der Waals surface area (Å²) in [6, 6.07) is 11.3. The van der Waals surface area contributed by atoms with Crippen molar-refractivity contribution >= 4 is 34.6 Å². The van der Waals surface area contributed by atoms with Gasteiger partial charge in [0.05, 0.1) is 0 Å². The zero-order valence-electron chi connectivity index (χ0n) is 13.5. The topological polar surface area (TPSA) is 170 Å². The number of rotatable bonds is 3. The number of hydrogen-bond donors (Lipinski definition) is 4. The van der Waals surface area contributed by atoms with E-state index in [1.54, 1.807) is 0 Å². The average Bonchev–Trinajstić information content (AvgIpc) is 2.65. The standard InChI is InChI=1S/C16H16N8O2/c17-14(25)23(19)13-12(8-21-16(22-13)24(20)15(18)26)11-7-3-5-9-4-1-2-6-10(9)11/h1-8H,19-20H2,(H2,17,25)(H2,18,26). The van der Waals surface area contributed by atoms with E-state index in [-0.39, 0.29) is 11.8 Å². The first-order valence-corrected chi connectivity index (χ1v) is 7.44. The monoisotopic (exact) mass is 352 g/mol. The Hall–Kier alpha value is -3.76. The van der Waals surface area contributed by atoms with E-state index < -0.39 is 12.1 Å². The van der Waals surface area contributed by atoms with Crippen molar-refractivity contribution in [3.8, 4) is 11.1 Å². The number of carbonyl (C=O) groups is 2. The second-order valence-electron chi connectivity index (χ2n) is 5.35. The number of anilines is 2. The molecule has 0 radical (unpaired) electrons. The second-order valence-corrected chi connectivity index (χ2v) is 5.35. The minimum atomic E-state index is -0.975. The van der Waals surface area contributed by atoms with Crippen LogP contribution in [0.3, 0.4) is 0 Å². The Morgan fingerprint density at radius 2 is 1.50 bits per heavy atom. The molecule has 3 aromatic rings. The van der Waals surface area contributed by atoms with Crippen molar-refractivity contribution in [2.75, 3.05) is 10.0 Å². The lowest BCUT2D eigenvalue weighted by Gasteiger charge is -2.20. The van der Waals surface area contributed by atoms with Crippen LogP contribution in [-0.4, -0.2) is 22.0 Å². The molecule has 2 aromatic carbocycles. The van der Waals surface area contributed by atoms with Crippen molar-refractivity contribution in [2.24, 2.45) is 23.2 Å². The minimum absolute atomic E-state index is 0.0180. The van der Waals surface area contributed by atoms with E-state index in [1.807, 2.05) is 42.5 Å². The number of amides is 4. The molecule has 10 heteroatoms. The summed E-state index contributed by atoms with van der Waals surface area (Å²) in [5, 5.41) is 3.05. The molecule has 0 atom stereocenters. The maximum atomic E-state index is 11.6. The van der Waals surface area contributed by atoms with Crippen LogP contribution < -0.4 is 33.2 Å². The fourth-order valence-corrected chi connectivity index (χ4v) is 2.52. The molecule has 0 aliphatic heterocycles. The summed E-state index contributed by atoms with van der Waals surface area (Å²) in [6.07, 6.45) is 1.39. The lowest BCUT2D eigenvalue weighted by Crippen LogP contribution is -2.45. The number of nitrogens with zero attached hydrogens (tertiary/aromatic N) is 4. The highest BCUT2D eigenvalue weighted by molar-refractivity contribution is 6.02. The molecule has 10 nitrogen and oxygen atoms in total. The summed E-state index contributed by atoms with van der Waals surface area (Å²) in [4.78, 5) is 31.0. The van der Waals surface area contributed by atoms with Gasteiger partial charge in [0.1, 0.15) is 0 Å². The molecule has 1 heterocycles. The van der Waals surface area contributed by atoms with Gasteiger partial charge in [0.15, 0.2) is 5.82 Å². The van der Waals surface area contributed by atoms with Crippen LogP contribution in [0.15, 0.2) is 48.7 Å². The maximum Gasteiger partial charge on any atom is 0.336 e. The predicted molar refractivity (Wildman–Crippen MR) is 97.5 cm³/mol. The molecule has 1 aromatic heterocycles. The number of nitrogens with two attached hydrogens (primary N) is 4. The van der Waals surface area contributed by atoms with Crippen molar-refractivity contribution in [1.82, 2.24) is 9.97 Å². The number of aromatic nitrogens is 2. The molecule has 0 saturated carbocycles. The maximum absolute atomic E-state index is 11.6. The third-order valence-corrected chi connectivity index (χ3v) is 3.75. The van der Waals surface area contributed by atoms with Crippen LogP contribution in [0.4, 0.5) is 21.4 Å². The number of carbonyl (C=O) groups excluding carboxylic acids is 2. The van der Waals surface area contributed by atoms with Crippen molar-refractivity contribution in [3.63, 3.8) is 0 Å². The van der Waals surface area contributed by atoms with Crippen molar-refractivity contribution in [3.05, 3.63) is 48.7 Å². The van der Waals surface area contributed by atoms with Crippen LogP contribution in [-0.2, 0) is 0 Å². The van der Waals surface area contributed by atoms with Gasteiger partial charge in [0.2, 0.25) is 0 Å². The molecular weight excluding hydrogens is 336 g/mol. The lowest BCUT2D eigenvalue weighted by atomic mass is 9.99. The largest absolute Gasteiger partial charge is 0.350 e. The molecule has 0 aliphatic rings. The Morgan fingerprint density at radius 1 is 0.846 bits per heavy atom. The fourth-order valence-electron chi connectivity index (χ4n) is 2.52. The van der Waals surface area contributed by atoms with Crippen LogP contribution in [0, 0.1) is 0 Å². The number of fused-ring (bicyclic) bond motifs is 1. The molecule has 132 valence electrons. The highest BCUT2D eigenvalue weighted by atomic mass is 16.2. The smallest absolute Gasteiger partial charge is 0.336 e. The van der Waals surface area contributed by atoms with Gasteiger partial charge >= 0.3 is 12.1 Å². The van der Waals surface area contributed by atoms with Gasteiger partial charge < -0.3 is 11.5 Å². The van der Waals surface area contributed by atoms with E-state index >= 15 is 0 Å². The minimum Gasteiger partial charge on any atom is -0.350 e. The fraction of sp³-hybridized carbons (Fsp3) is 0. The Morgan fingerprint density at radius 3 is 2.19 bits per heavy atom. The quantitative estimate of drug-likeness (QED) is 0.309. The zero-order chi connectivity index (χ0) is 18.8. The lowest BCUT2D eigenvalue weighted by molar-refractivity contribution is 0.253. The van der Waals surface area contributed by atoms with Crippen molar-refractivity contribution in [1.29, 1.82) is 0 Å². The molecule has 0 fully saturated rings. The number of hydrogen-bond acceptors (Lipinski definition) is 6. The third kappa shape index (κ3) is 2.97. The number of urea groups is 2. The summed E-state index contributed by atoms with van der Waals surface area (Å²) in [5.74, 6) is 11.0. The van der Waals surface area contributed by atoms with E-state index in [4.69, 9.17) is 23.2 Å². The van der Waals surface area contributed by atoms with E-state index in [2.05, 4.69) is 9.97 Å². The van der Waals surface area contributed by atoms with Crippen LogP contribution in [0.5, 0.6) is 0 Å². The molecule has 26 heavy (non-hydrogen) atoms. The highest BCUT2D eigenvalue weighted by Gasteiger charge is 2.21. The molecule has 0 aliphatic carbocycles. The molecule has 8 N–H and O–H groups in total. The van der Waals surface area contributed by atoms with Crippen LogP contribution in [0.25, 0.3) is 21.9 Å². The molecule has 3 rings (SSSR count). The Balaban J connectivity index is 2.26. The zero-order valence-corrected chi connectivity index (χ0v) is 13.5. The van der Waals surface area contributed by atoms with Crippen molar-refractivity contribution in [2.45, 2.75) is 0 Å². The highest BCUT2D eigenvalue weighted by Crippen LogP contribution is 2.34. The van der Waals surface area contributed by atoms with Gasteiger partial charge in [-0.05, 0) is 16.3 Å². The SMILES string of the molecule is NC(=O)N(N)c1ncc(-c2cccc3ccccc23)c(N(N)C(N)=O)n1. The molecule has 0 bridgehead atoms. The first-order chi connectivity index (χ1) is 12.4. The Labute approximate surface area is 147 Å². The number of primary amides is 2.